The third-order valence-electron chi connectivity index (χ3n) is 5.09. The van der Waals surface area contributed by atoms with Crippen LogP contribution in [0.4, 0.5) is 5.69 Å². The number of thiazole rings is 1. The van der Waals surface area contributed by atoms with E-state index in [0.717, 1.165) is 40.5 Å². The SMILES string of the molecule is COc1ccccc1-c1csc(=Nc2cccnc2)n1CCC1=CCCCC1. The van der Waals surface area contributed by atoms with Gasteiger partial charge in [-0.1, -0.05) is 23.8 Å². The Morgan fingerprint density at radius 2 is 2.11 bits per heavy atom. The van der Waals surface area contributed by atoms with Crippen LogP contribution in [0.1, 0.15) is 32.1 Å². The Labute approximate surface area is 169 Å². The Bertz CT molecular complexity index is 1020. The molecule has 0 N–H and O–H groups in total. The number of allylic oxidation sites excluding steroid dienone is 2. The molecule has 0 fully saturated rings. The maximum absolute atomic E-state index is 5.62. The maximum atomic E-state index is 5.62. The molecule has 0 atom stereocenters. The molecule has 0 unspecified atom stereocenters. The monoisotopic (exact) mass is 391 g/mol. The molecule has 0 amide bonds. The minimum absolute atomic E-state index is 0.876. The van der Waals surface area contributed by atoms with Gasteiger partial charge in [-0.2, -0.15) is 0 Å². The predicted molar refractivity (Wildman–Crippen MR) is 115 cm³/mol. The van der Waals surface area contributed by atoms with Gasteiger partial charge in [0.25, 0.3) is 0 Å². The van der Waals surface area contributed by atoms with Crippen molar-refractivity contribution in [3.63, 3.8) is 0 Å². The van der Waals surface area contributed by atoms with Crippen LogP contribution in [0.5, 0.6) is 5.75 Å². The van der Waals surface area contributed by atoms with Crippen LogP contribution in [0.15, 0.2) is 70.8 Å². The number of para-hydroxylation sites is 1. The molecule has 144 valence electrons. The molecule has 2 aromatic heterocycles. The van der Waals surface area contributed by atoms with E-state index in [0.29, 0.717) is 0 Å². The first-order chi connectivity index (χ1) is 13.8. The molecule has 0 radical (unpaired) electrons. The Balaban J connectivity index is 1.75. The van der Waals surface area contributed by atoms with Crippen LogP contribution in [0.2, 0.25) is 0 Å². The molecule has 1 aliphatic rings. The summed E-state index contributed by atoms with van der Waals surface area (Å²) in [6.45, 7) is 0.918. The predicted octanol–water partition coefficient (Wildman–Crippen LogP) is 5.74. The Kier molecular flexibility index (Phi) is 6.02. The molecule has 0 saturated heterocycles. The van der Waals surface area contributed by atoms with Gasteiger partial charge in [0.05, 0.1) is 24.7 Å². The molecular weight excluding hydrogens is 366 g/mol. The van der Waals surface area contributed by atoms with Crippen molar-refractivity contribution in [1.29, 1.82) is 0 Å². The summed E-state index contributed by atoms with van der Waals surface area (Å²) in [5.74, 6) is 0.888. The number of ether oxygens (including phenoxy) is 1. The number of hydrogen-bond donors (Lipinski definition) is 0. The minimum Gasteiger partial charge on any atom is -0.496 e. The Morgan fingerprint density at radius 1 is 1.18 bits per heavy atom. The van der Waals surface area contributed by atoms with E-state index in [1.165, 1.54) is 25.7 Å². The average molecular weight is 392 g/mol. The number of nitrogens with zero attached hydrogens (tertiary/aromatic N) is 3. The first kappa shape index (κ1) is 18.7. The number of pyridine rings is 1. The zero-order valence-corrected chi connectivity index (χ0v) is 17.0. The van der Waals surface area contributed by atoms with E-state index in [9.17, 15) is 0 Å². The Hall–Kier alpha value is -2.66. The van der Waals surface area contributed by atoms with E-state index in [-0.39, 0.29) is 0 Å². The van der Waals surface area contributed by atoms with Gasteiger partial charge in [0.2, 0.25) is 0 Å². The number of methoxy groups -OCH3 is 1. The fourth-order valence-corrected chi connectivity index (χ4v) is 4.57. The number of hydrogen-bond acceptors (Lipinski definition) is 4. The van der Waals surface area contributed by atoms with Gasteiger partial charge in [-0.25, -0.2) is 4.99 Å². The van der Waals surface area contributed by atoms with Crippen LogP contribution in [0.25, 0.3) is 11.3 Å². The second-order valence-corrected chi connectivity index (χ2v) is 7.77. The highest BCUT2D eigenvalue weighted by Crippen LogP contribution is 2.31. The zero-order chi connectivity index (χ0) is 19.2. The van der Waals surface area contributed by atoms with Crippen molar-refractivity contribution < 1.29 is 4.74 Å². The smallest absolute Gasteiger partial charge is 0.190 e. The van der Waals surface area contributed by atoms with Crippen LogP contribution in [0, 0.1) is 0 Å². The van der Waals surface area contributed by atoms with Crippen molar-refractivity contribution in [2.24, 2.45) is 4.99 Å². The first-order valence-corrected chi connectivity index (χ1v) is 10.7. The number of aromatic nitrogens is 2. The lowest BCUT2D eigenvalue weighted by molar-refractivity contribution is 0.416. The molecule has 0 aliphatic heterocycles. The highest BCUT2D eigenvalue weighted by atomic mass is 32.1. The molecule has 0 bridgehead atoms. The van der Waals surface area contributed by atoms with Gasteiger partial charge in [0.15, 0.2) is 4.80 Å². The van der Waals surface area contributed by atoms with E-state index in [1.54, 1.807) is 36.4 Å². The molecular formula is C23H25N3OS. The van der Waals surface area contributed by atoms with Gasteiger partial charge < -0.3 is 9.30 Å². The lowest BCUT2D eigenvalue weighted by atomic mass is 9.97. The molecule has 5 heteroatoms. The van der Waals surface area contributed by atoms with Crippen LogP contribution in [0.3, 0.4) is 0 Å². The fraction of sp³-hybridized carbons (Fsp3) is 0.304. The van der Waals surface area contributed by atoms with Gasteiger partial charge in [-0.05, 0) is 56.4 Å². The lowest BCUT2D eigenvalue weighted by Gasteiger charge is -2.15. The summed E-state index contributed by atoms with van der Waals surface area (Å²) in [5, 5.41) is 2.18. The summed E-state index contributed by atoms with van der Waals surface area (Å²) < 4.78 is 7.94. The van der Waals surface area contributed by atoms with Crippen LogP contribution >= 0.6 is 11.3 Å². The van der Waals surface area contributed by atoms with Crippen molar-refractivity contribution in [3.05, 3.63) is 70.6 Å². The molecule has 4 nitrogen and oxygen atoms in total. The summed E-state index contributed by atoms with van der Waals surface area (Å²) in [5.41, 5.74) is 4.71. The molecule has 1 aromatic carbocycles. The minimum atomic E-state index is 0.876. The van der Waals surface area contributed by atoms with E-state index >= 15 is 0 Å². The van der Waals surface area contributed by atoms with Gasteiger partial charge in [-0.15, -0.1) is 11.3 Å². The number of benzene rings is 1. The third-order valence-corrected chi connectivity index (χ3v) is 5.96. The second-order valence-electron chi connectivity index (χ2n) is 6.94. The second kappa shape index (κ2) is 9.02. The molecule has 0 spiro atoms. The third kappa shape index (κ3) is 4.25. The zero-order valence-electron chi connectivity index (χ0n) is 16.2. The van der Waals surface area contributed by atoms with Gasteiger partial charge in [0, 0.05) is 23.7 Å². The average Bonchev–Trinajstić information content (AvgIpc) is 3.15. The van der Waals surface area contributed by atoms with Crippen molar-refractivity contribution in [2.75, 3.05) is 7.11 Å². The molecule has 3 aromatic rings. The van der Waals surface area contributed by atoms with Gasteiger partial charge >= 0.3 is 0 Å². The van der Waals surface area contributed by atoms with Crippen LogP contribution < -0.4 is 9.54 Å². The van der Waals surface area contributed by atoms with Crippen molar-refractivity contribution in [2.45, 2.75) is 38.6 Å². The van der Waals surface area contributed by atoms with Crippen molar-refractivity contribution in [3.8, 4) is 17.0 Å². The normalized spacial score (nSPS) is 14.8. The summed E-state index contributed by atoms with van der Waals surface area (Å²) in [6.07, 6.45) is 12.2. The maximum Gasteiger partial charge on any atom is 0.190 e. The Morgan fingerprint density at radius 3 is 2.89 bits per heavy atom. The van der Waals surface area contributed by atoms with E-state index < -0.39 is 0 Å². The topological polar surface area (TPSA) is 39.4 Å². The fourth-order valence-electron chi connectivity index (χ4n) is 3.62. The largest absolute Gasteiger partial charge is 0.496 e. The molecule has 4 rings (SSSR count). The van der Waals surface area contributed by atoms with E-state index in [2.05, 4.69) is 33.1 Å². The first-order valence-electron chi connectivity index (χ1n) is 9.79. The summed E-state index contributed by atoms with van der Waals surface area (Å²) in [7, 11) is 1.73. The molecule has 0 saturated carbocycles. The van der Waals surface area contributed by atoms with Crippen LogP contribution in [-0.2, 0) is 6.54 Å². The highest BCUT2D eigenvalue weighted by Gasteiger charge is 2.13. The van der Waals surface area contributed by atoms with Crippen molar-refractivity contribution in [1.82, 2.24) is 9.55 Å². The quantitative estimate of drug-likeness (QED) is 0.502. The summed E-state index contributed by atoms with van der Waals surface area (Å²) >= 11 is 1.67. The van der Waals surface area contributed by atoms with Gasteiger partial charge in [-0.3, -0.25) is 4.98 Å². The van der Waals surface area contributed by atoms with E-state index in [4.69, 9.17) is 9.73 Å². The number of rotatable bonds is 6. The van der Waals surface area contributed by atoms with Crippen LogP contribution in [-0.4, -0.2) is 16.7 Å². The molecule has 28 heavy (non-hydrogen) atoms. The standard InChI is InChI=1S/C23H25N3OS/c1-27-22-12-6-5-11-20(22)21-17-28-23(25-19-10-7-14-24-16-19)26(21)15-13-18-8-3-2-4-9-18/h5-8,10-12,14,16-17H,2-4,9,13,15H2,1H3. The molecule has 1 aliphatic carbocycles. The highest BCUT2D eigenvalue weighted by molar-refractivity contribution is 7.07. The van der Waals surface area contributed by atoms with Gasteiger partial charge in [0.1, 0.15) is 5.75 Å². The summed E-state index contributed by atoms with van der Waals surface area (Å²) in [6, 6.07) is 12.1. The lowest BCUT2D eigenvalue weighted by Crippen LogP contribution is -2.17. The van der Waals surface area contributed by atoms with Crippen molar-refractivity contribution >= 4 is 17.0 Å². The summed E-state index contributed by atoms with van der Waals surface area (Å²) in [4.78, 5) is 10.1. The van der Waals surface area contributed by atoms with E-state index in [1.807, 2.05) is 24.3 Å². The molecule has 2 heterocycles.